The van der Waals surface area contributed by atoms with Crippen LogP contribution in [0, 0.1) is 0 Å². The molecule has 1 aliphatic rings. The van der Waals surface area contributed by atoms with E-state index in [-0.39, 0.29) is 11.8 Å². The summed E-state index contributed by atoms with van der Waals surface area (Å²) in [6, 6.07) is 17.6. The van der Waals surface area contributed by atoms with Crippen LogP contribution in [0.25, 0.3) is 22.3 Å². The van der Waals surface area contributed by atoms with Crippen molar-refractivity contribution >= 4 is 22.5 Å². The van der Waals surface area contributed by atoms with Gasteiger partial charge in [-0.2, -0.15) is 0 Å². The number of aromatic nitrogens is 4. The zero-order valence-corrected chi connectivity index (χ0v) is 18.5. The van der Waals surface area contributed by atoms with E-state index in [9.17, 15) is 4.79 Å². The molecule has 4 aromatic rings. The number of rotatable bonds is 4. The van der Waals surface area contributed by atoms with Gasteiger partial charge in [0.1, 0.15) is 5.82 Å². The first-order valence-corrected chi connectivity index (χ1v) is 11.3. The van der Waals surface area contributed by atoms with E-state index in [1.165, 1.54) is 6.42 Å². The molecule has 6 heteroatoms. The Labute approximate surface area is 187 Å². The number of fused-ring (bicyclic) bond motifs is 2. The number of nitrogens with zero attached hydrogens (tertiary/aromatic N) is 4. The van der Waals surface area contributed by atoms with Gasteiger partial charge in [0, 0.05) is 35.3 Å². The van der Waals surface area contributed by atoms with Crippen molar-refractivity contribution in [3.05, 3.63) is 71.7 Å². The fraction of sp³-hybridized carbons (Fsp3) is 0.308. The van der Waals surface area contributed by atoms with Crippen molar-refractivity contribution < 1.29 is 4.79 Å². The van der Waals surface area contributed by atoms with Gasteiger partial charge in [-0.25, -0.2) is 0 Å². The third-order valence-corrected chi connectivity index (χ3v) is 6.06. The van der Waals surface area contributed by atoms with E-state index in [1.54, 1.807) is 0 Å². The Morgan fingerprint density at radius 1 is 1.00 bits per heavy atom. The van der Waals surface area contributed by atoms with Crippen LogP contribution >= 0.6 is 0 Å². The van der Waals surface area contributed by atoms with Gasteiger partial charge < -0.3 is 9.88 Å². The predicted octanol–water partition coefficient (Wildman–Crippen LogP) is 5.60. The zero-order valence-electron chi connectivity index (χ0n) is 18.5. The predicted molar refractivity (Wildman–Crippen MR) is 127 cm³/mol. The average Bonchev–Trinajstić information content (AvgIpc) is 3.06. The Balaban J connectivity index is 1.47. The van der Waals surface area contributed by atoms with E-state index < -0.39 is 0 Å². The molecular formula is C26H27N5O. The minimum absolute atomic E-state index is 0.136. The lowest BCUT2D eigenvalue weighted by molar-refractivity contribution is 0.102. The summed E-state index contributed by atoms with van der Waals surface area (Å²) in [6.07, 6.45) is 4.49. The second-order valence-corrected chi connectivity index (χ2v) is 8.70. The fourth-order valence-electron chi connectivity index (χ4n) is 4.31. The normalized spacial score (nSPS) is 13.7. The van der Waals surface area contributed by atoms with Crippen molar-refractivity contribution in [1.29, 1.82) is 0 Å². The van der Waals surface area contributed by atoms with Gasteiger partial charge in [0.15, 0.2) is 5.82 Å². The number of pyridine rings is 1. The minimum Gasteiger partial charge on any atom is -0.322 e. The average molecular weight is 426 g/mol. The summed E-state index contributed by atoms with van der Waals surface area (Å²) >= 11 is 0. The summed E-state index contributed by atoms with van der Waals surface area (Å²) < 4.78 is 2.22. The smallest absolute Gasteiger partial charge is 0.256 e. The molecule has 0 atom stereocenters. The summed E-state index contributed by atoms with van der Waals surface area (Å²) in [4.78, 5) is 18.0. The van der Waals surface area contributed by atoms with Crippen LogP contribution in [0.1, 0.15) is 60.9 Å². The molecule has 0 radical (unpaired) electrons. The number of aryl methyl sites for hydroxylation is 1. The molecule has 3 heterocycles. The lowest BCUT2D eigenvalue weighted by Crippen LogP contribution is -2.14. The molecule has 5 rings (SSSR count). The van der Waals surface area contributed by atoms with Gasteiger partial charge in [0.05, 0.1) is 11.1 Å². The van der Waals surface area contributed by atoms with Gasteiger partial charge in [0.25, 0.3) is 5.91 Å². The van der Waals surface area contributed by atoms with E-state index in [4.69, 9.17) is 4.98 Å². The molecule has 0 fully saturated rings. The first-order chi connectivity index (χ1) is 15.6. The summed E-state index contributed by atoms with van der Waals surface area (Å²) in [7, 11) is 0. The molecule has 0 aliphatic carbocycles. The summed E-state index contributed by atoms with van der Waals surface area (Å²) in [5.41, 5.74) is 4.09. The summed E-state index contributed by atoms with van der Waals surface area (Å²) in [5, 5.41) is 12.8. The number of anilines is 1. The van der Waals surface area contributed by atoms with E-state index in [1.807, 2.05) is 54.6 Å². The third kappa shape index (κ3) is 3.88. The Hall–Kier alpha value is -3.54. The van der Waals surface area contributed by atoms with Crippen LogP contribution in [-0.4, -0.2) is 25.7 Å². The van der Waals surface area contributed by atoms with Gasteiger partial charge in [-0.05, 0) is 43.0 Å². The van der Waals surface area contributed by atoms with Gasteiger partial charge in [-0.1, -0.05) is 50.6 Å². The van der Waals surface area contributed by atoms with E-state index in [0.717, 1.165) is 65.3 Å². The van der Waals surface area contributed by atoms with Gasteiger partial charge in [0.2, 0.25) is 0 Å². The SMILES string of the molecule is CC(C)c1cc(C(=O)Nc2cccc(-c3nnc4n3CCCCC4)c2)c2ccccc2n1. The monoisotopic (exact) mass is 425 g/mol. The molecule has 0 saturated heterocycles. The summed E-state index contributed by atoms with van der Waals surface area (Å²) in [5.74, 6) is 2.02. The van der Waals surface area contributed by atoms with Crippen LogP contribution in [0.3, 0.4) is 0 Å². The molecule has 2 aromatic heterocycles. The second-order valence-electron chi connectivity index (χ2n) is 8.70. The van der Waals surface area contributed by atoms with Crippen molar-refractivity contribution in [2.24, 2.45) is 0 Å². The Morgan fingerprint density at radius 3 is 2.75 bits per heavy atom. The maximum Gasteiger partial charge on any atom is 0.256 e. The highest BCUT2D eigenvalue weighted by atomic mass is 16.1. The van der Waals surface area contributed by atoms with Crippen molar-refractivity contribution in [3.8, 4) is 11.4 Å². The number of carbonyl (C=O) groups excluding carboxylic acids is 1. The number of carbonyl (C=O) groups is 1. The first kappa shape index (κ1) is 20.4. The summed E-state index contributed by atoms with van der Waals surface area (Å²) in [6.45, 7) is 5.11. The number of hydrogen-bond acceptors (Lipinski definition) is 4. The lowest BCUT2D eigenvalue weighted by Gasteiger charge is -2.13. The number of nitrogens with one attached hydrogen (secondary N) is 1. The molecule has 1 amide bonds. The van der Waals surface area contributed by atoms with Crippen LogP contribution < -0.4 is 5.32 Å². The quantitative estimate of drug-likeness (QED) is 0.462. The number of hydrogen-bond donors (Lipinski definition) is 1. The Kier molecular flexibility index (Phi) is 5.43. The lowest BCUT2D eigenvalue weighted by atomic mass is 10.0. The standard InChI is InChI=1S/C26H27N5O/c1-17(2)23-16-21(20-11-5-6-12-22(20)28-23)26(32)27-19-10-8-9-18(15-19)25-30-29-24-13-4-3-7-14-31(24)25/h5-6,8-12,15-17H,3-4,7,13-14H2,1-2H3,(H,27,32). The van der Waals surface area contributed by atoms with Crippen LogP contribution in [0.5, 0.6) is 0 Å². The molecule has 0 spiro atoms. The molecule has 6 nitrogen and oxygen atoms in total. The highest BCUT2D eigenvalue weighted by Gasteiger charge is 2.18. The first-order valence-electron chi connectivity index (χ1n) is 11.3. The largest absolute Gasteiger partial charge is 0.322 e. The molecule has 1 aliphatic heterocycles. The van der Waals surface area contributed by atoms with Crippen molar-refractivity contribution in [2.45, 2.75) is 52.0 Å². The van der Waals surface area contributed by atoms with E-state index >= 15 is 0 Å². The molecule has 1 N–H and O–H groups in total. The highest BCUT2D eigenvalue weighted by molar-refractivity contribution is 6.12. The number of benzene rings is 2. The van der Waals surface area contributed by atoms with Gasteiger partial charge in [-0.3, -0.25) is 9.78 Å². The fourth-order valence-corrected chi connectivity index (χ4v) is 4.31. The molecule has 0 saturated carbocycles. The maximum atomic E-state index is 13.3. The second kappa shape index (κ2) is 8.54. The third-order valence-electron chi connectivity index (χ3n) is 6.06. The van der Waals surface area contributed by atoms with E-state index in [2.05, 4.69) is 33.9 Å². The molecular weight excluding hydrogens is 398 g/mol. The van der Waals surface area contributed by atoms with Crippen molar-refractivity contribution in [3.63, 3.8) is 0 Å². The molecule has 162 valence electrons. The molecule has 32 heavy (non-hydrogen) atoms. The van der Waals surface area contributed by atoms with Crippen molar-refractivity contribution in [1.82, 2.24) is 19.7 Å². The van der Waals surface area contributed by atoms with Crippen LogP contribution in [0.4, 0.5) is 5.69 Å². The molecule has 2 aromatic carbocycles. The Bertz CT molecular complexity index is 1290. The molecule has 0 bridgehead atoms. The zero-order chi connectivity index (χ0) is 22.1. The number of para-hydroxylation sites is 1. The van der Waals surface area contributed by atoms with Crippen molar-refractivity contribution in [2.75, 3.05) is 5.32 Å². The molecule has 0 unspecified atom stereocenters. The van der Waals surface area contributed by atoms with Gasteiger partial charge in [-0.15, -0.1) is 10.2 Å². The van der Waals surface area contributed by atoms with Crippen LogP contribution in [0.2, 0.25) is 0 Å². The Morgan fingerprint density at radius 2 is 1.88 bits per heavy atom. The van der Waals surface area contributed by atoms with Crippen LogP contribution in [-0.2, 0) is 13.0 Å². The minimum atomic E-state index is -0.136. The number of amides is 1. The highest BCUT2D eigenvalue weighted by Crippen LogP contribution is 2.27. The topological polar surface area (TPSA) is 72.7 Å². The maximum absolute atomic E-state index is 13.3. The van der Waals surface area contributed by atoms with E-state index in [0.29, 0.717) is 5.56 Å². The van der Waals surface area contributed by atoms with Gasteiger partial charge >= 0.3 is 0 Å². The van der Waals surface area contributed by atoms with Crippen LogP contribution in [0.15, 0.2) is 54.6 Å².